The molecule has 0 aliphatic heterocycles. The molecule has 0 saturated heterocycles. The summed E-state index contributed by atoms with van der Waals surface area (Å²) >= 11 is 0. The fourth-order valence-electron chi connectivity index (χ4n) is 1.63. The van der Waals surface area contributed by atoms with Gasteiger partial charge >= 0.3 is 0 Å². The van der Waals surface area contributed by atoms with E-state index in [9.17, 15) is 10.1 Å². The molecule has 0 aliphatic rings. The van der Waals surface area contributed by atoms with Gasteiger partial charge in [-0.25, -0.2) is 0 Å². The van der Waals surface area contributed by atoms with Crippen LogP contribution >= 0.6 is 0 Å². The third kappa shape index (κ3) is 5.37. The number of nitrogens with one attached hydrogen (secondary N) is 2. The van der Waals surface area contributed by atoms with Crippen LogP contribution in [0.5, 0.6) is 0 Å². The first-order chi connectivity index (χ1) is 9.17. The van der Waals surface area contributed by atoms with Crippen LogP contribution in [0.2, 0.25) is 0 Å². The Morgan fingerprint density at radius 1 is 1.32 bits per heavy atom. The summed E-state index contributed by atoms with van der Waals surface area (Å²) in [5.74, 6) is 0.774. The van der Waals surface area contributed by atoms with Gasteiger partial charge in [0.15, 0.2) is 5.96 Å². The lowest BCUT2D eigenvalue weighted by atomic mass is 10.1. The first kappa shape index (κ1) is 14.9. The van der Waals surface area contributed by atoms with Crippen molar-refractivity contribution in [1.82, 2.24) is 10.6 Å². The topological polar surface area (TPSA) is 79.6 Å². The predicted octanol–water partition coefficient (Wildman–Crippen LogP) is 1.71. The number of benzene rings is 1. The Kier molecular flexibility index (Phi) is 6.35. The van der Waals surface area contributed by atoms with Gasteiger partial charge in [0.1, 0.15) is 0 Å². The average Bonchev–Trinajstić information content (AvgIpc) is 2.39. The van der Waals surface area contributed by atoms with E-state index in [1.165, 1.54) is 6.07 Å². The van der Waals surface area contributed by atoms with Gasteiger partial charge in [-0.15, -0.1) is 0 Å². The summed E-state index contributed by atoms with van der Waals surface area (Å²) in [7, 11) is 0. The van der Waals surface area contributed by atoms with E-state index in [4.69, 9.17) is 0 Å². The Labute approximate surface area is 113 Å². The standard InChI is InChI=1S/C13H20N4O2/c1-3-14-13(15-4-2)16-9-8-11-6-5-7-12(10-11)17(18)19/h5-7,10H,3-4,8-9H2,1-2H3,(H2,14,15,16). The first-order valence-electron chi connectivity index (χ1n) is 6.42. The zero-order valence-electron chi connectivity index (χ0n) is 11.3. The predicted molar refractivity (Wildman–Crippen MR) is 76.5 cm³/mol. The number of nitro groups is 1. The molecule has 0 heterocycles. The number of hydrogen-bond acceptors (Lipinski definition) is 3. The fraction of sp³-hybridized carbons (Fsp3) is 0.462. The summed E-state index contributed by atoms with van der Waals surface area (Å²) in [6.45, 7) is 6.22. The lowest BCUT2D eigenvalue weighted by Gasteiger charge is -2.08. The van der Waals surface area contributed by atoms with Gasteiger partial charge in [-0.1, -0.05) is 12.1 Å². The molecule has 0 radical (unpaired) electrons. The number of aliphatic imine (C=N–C) groups is 1. The third-order valence-corrected chi connectivity index (χ3v) is 2.48. The van der Waals surface area contributed by atoms with E-state index >= 15 is 0 Å². The molecule has 0 aliphatic carbocycles. The second kappa shape index (κ2) is 8.07. The molecule has 1 rings (SSSR count). The highest BCUT2D eigenvalue weighted by molar-refractivity contribution is 5.79. The molecule has 0 atom stereocenters. The van der Waals surface area contributed by atoms with Crippen LogP contribution in [0.25, 0.3) is 0 Å². The van der Waals surface area contributed by atoms with Gasteiger partial charge in [-0.05, 0) is 25.8 Å². The number of non-ortho nitro benzene ring substituents is 1. The molecule has 2 N–H and O–H groups in total. The van der Waals surface area contributed by atoms with E-state index in [0.29, 0.717) is 13.0 Å². The summed E-state index contributed by atoms with van der Waals surface area (Å²) in [5, 5.41) is 16.9. The lowest BCUT2D eigenvalue weighted by molar-refractivity contribution is -0.384. The molecule has 19 heavy (non-hydrogen) atoms. The SMILES string of the molecule is CCNC(=NCCc1cccc([N+](=O)[O-])c1)NCC. The molecule has 6 nitrogen and oxygen atoms in total. The highest BCUT2D eigenvalue weighted by Gasteiger charge is 2.05. The van der Waals surface area contributed by atoms with Crippen molar-refractivity contribution in [2.45, 2.75) is 20.3 Å². The van der Waals surface area contributed by atoms with E-state index in [-0.39, 0.29) is 10.6 Å². The van der Waals surface area contributed by atoms with Crippen LogP contribution in [-0.4, -0.2) is 30.5 Å². The van der Waals surface area contributed by atoms with E-state index in [1.54, 1.807) is 12.1 Å². The molecule has 6 heteroatoms. The van der Waals surface area contributed by atoms with Crippen LogP contribution in [0.15, 0.2) is 29.3 Å². The number of nitro benzene ring substituents is 1. The maximum atomic E-state index is 10.7. The first-order valence-corrected chi connectivity index (χ1v) is 6.42. The zero-order valence-corrected chi connectivity index (χ0v) is 11.3. The van der Waals surface area contributed by atoms with Crippen LogP contribution in [0.1, 0.15) is 19.4 Å². The molecule has 0 saturated carbocycles. The summed E-state index contributed by atoms with van der Waals surface area (Å²) < 4.78 is 0. The zero-order chi connectivity index (χ0) is 14.1. The largest absolute Gasteiger partial charge is 0.357 e. The summed E-state index contributed by atoms with van der Waals surface area (Å²) in [5.41, 5.74) is 1.05. The maximum absolute atomic E-state index is 10.7. The number of rotatable bonds is 6. The molecular weight excluding hydrogens is 244 g/mol. The monoisotopic (exact) mass is 264 g/mol. The van der Waals surface area contributed by atoms with Crippen LogP contribution in [0, 0.1) is 10.1 Å². The van der Waals surface area contributed by atoms with Crippen molar-refractivity contribution in [3.63, 3.8) is 0 Å². The molecule has 1 aromatic rings. The smallest absolute Gasteiger partial charge is 0.269 e. The number of nitrogens with zero attached hydrogens (tertiary/aromatic N) is 2. The van der Waals surface area contributed by atoms with Crippen molar-refractivity contribution in [1.29, 1.82) is 0 Å². The molecule has 0 unspecified atom stereocenters. The molecule has 0 amide bonds. The van der Waals surface area contributed by atoms with E-state index < -0.39 is 0 Å². The van der Waals surface area contributed by atoms with Crippen molar-refractivity contribution in [2.75, 3.05) is 19.6 Å². The van der Waals surface area contributed by atoms with E-state index in [2.05, 4.69) is 15.6 Å². The summed E-state index contributed by atoms with van der Waals surface area (Å²) in [6, 6.07) is 6.67. The van der Waals surface area contributed by atoms with Crippen LogP contribution in [0.4, 0.5) is 5.69 Å². The lowest BCUT2D eigenvalue weighted by Crippen LogP contribution is -2.37. The van der Waals surface area contributed by atoms with Crippen molar-refractivity contribution in [3.8, 4) is 0 Å². The Morgan fingerprint density at radius 2 is 2.00 bits per heavy atom. The van der Waals surface area contributed by atoms with Gasteiger partial charge in [0.05, 0.1) is 4.92 Å². The van der Waals surface area contributed by atoms with Gasteiger partial charge in [0.2, 0.25) is 0 Å². The normalized spacial score (nSPS) is 9.79. The average molecular weight is 264 g/mol. The Hall–Kier alpha value is -2.11. The second-order valence-electron chi connectivity index (χ2n) is 3.97. The van der Waals surface area contributed by atoms with Gasteiger partial charge in [-0.3, -0.25) is 15.1 Å². The number of guanidine groups is 1. The fourth-order valence-corrected chi connectivity index (χ4v) is 1.63. The molecule has 104 valence electrons. The van der Waals surface area contributed by atoms with Crippen molar-refractivity contribution in [3.05, 3.63) is 39.9 Å². The number of hydrogen-bond donors (Lipinski definition) is 2. The molecule has 0 bridgehead atoms. The van der Waals surface area contributed by atoms with Crippen LogP contribution in [-0.2, 0) is 6.42 Å². The Morgan fingerprint density at radius 3 is 2.58 bits per heavy atom. The second-order valence-corrected chi connectivity index (χ2v) is 3.97. The van der Waals surface area contributed by atoms with Crippen molar-refractivity contribution >= 4 is 11.6 Å². The highest BCUT2D eigenvalue weighted by Crippen LogP contribution is 2.13. The molecule has 0 fully saturated rings. The van der Waals surface area contributed by atoms with Crippen LogP contribution < -0.4 is 10.6 Å². The van der Waals surface area contributed by atoms with Crippen molar-refractivity contribution in [2.24, 2.45) is 4.99 Å². The van der Waals surface area contributed by atoms with E-state index in [0.717, 1.165) is 24.6 Å². The van der Waals surface area contributed by atoms with Gasteiger partial charge in [0, 0.05) is 31.8 Å². The Balaban J connectivity index is 2.58. The van der Waals surface area contributed by atoms with Gasteiger partial charge in [-0.2, -0.15) is 0 Å². The van der Waals surface area contributed by atoms with Gasteiger partial charge in [0.25, 0.3) is 5.69 Å². The minimum Gasteiger partial charge on any atom is -0.357 e. The van der Waals surface area contributed by atoms with E-state index in [1.807, 2.05) is 19.9 Å². The van der Waals surface area contributed by atoms with Crippen LogP contribution in [0.3, 0.4) is 0 Å². The quantitative estimate of drug-likeness (QED) is 0.355. The minimum absolute atomic E-state index is 0.125. The summed E-state index contributed by atoms with van der Waals surface area (Å²) in [4.78, 5) is 14.7. The highest BCUT2D eigenvalue weighted by atomic mass is 16.6. The third-order valence-electron chi connectivity index (χ3n) is 2.48. The molecule has 0 aromatic heterocycles. The minimum atomic E-state index is -0.379. The van der Waals surface area contributed by atoms with Crippen molar-refractivity contribution < 1.29 is 4.92 Å². The molecule has 0 spiro atoms. The Bertz CT molecular complexity index is 438. The molecule has 1 aromatic carbocycles. The maximum Gasteiger partial charge on any atom is 0.269 e. The summed E-state index contributed by atoms with van der Waals surface area (Å²) in [6.07, 6.45) is 0.683. The molecular formula is C13H20N4O2. The van der Waals surface area contributed by atoms with Gasteiger partial charge < -0.3 is 10.6 Å².